The third kappa shape index (κ3) is 7.07. The lowest BCUT2D eigenvalue weighted by Crippen LogP contribution is -2.38. The standard InChI is InChI=1S/C17H28O5/c1-5-15(19)21-11-12-6-7-14(13(18)10-12)22-16(20)8-9-17(2,3)4/h5,12-14,18H,1,6-11H2,2-4H3. The zero-order valence-electron chi connectivity index (χ0n) is 13.8. The molecule has 0 aromatic carbocycles. The maximum absolute atomic E-state index is 11.8. The summed E-state index contributed by atoms with van der Waals surface area (Å²) < 4.78 is 10.4. The van der Waals surface area contributed by atoms with Gasteiger partial charge in [0.1, 0.15) is 6.10 Å². The number of ether oxygens (including phenoxy) is 2. The van der Waals surface area contributed by atoms with Crippen LogP contribution in [0.3, 0.4) is 0 Å². The highest BCUT2D eigenvalue weighted by Gasteiger charge is 2.32. The molecule has 22 heavy (non-hydrogen) atoms. The van der Waals surface area contributed by atoms with Crippen molar-refractivity contribution in [1.82, 2.24) is 0 Å². The second kappa shape index (κ2) is 8.32. The fraction of sp³-hybridized carbons (Fsp3) is 0.765. The lowest BCUT2D eigenvalue weighted by molar-refractivity contribution is -0.160. The first-order valence-corrected chi connectivity index (χ1v) is 7.88. The van der Waals surface area contributed by atoms with Crippen molar-refractivity contribution in [2.24, 2.45) is 11.3 Å². The molecule has 1 saturated carbocycles. The van der Waals surface area contributed by atoms with Gasteiger partial charge in [0.2, 0.25) is 0 Å². The zero-order chi connectivity index (χ0) is 16.8. The summed E-state index contributed by atoms with van der Waals surface area (Å²) in [5, 5.41) is 10.1. The SMILES string of the molecule is C=CC(=O)OCC1CCC(OC(=O)CCC(C)(C)C)C(O)C1. The van der Waals surface area contributed by atoms with E-state index in [9.17, 15) is 14.7 Å². The predicted octanol–water partition coefficient (Wildman–Crippen LogP) is 2.61. The molecule has 1 rings (SSSR count). The van der Waals surface area contributed by atoms with Crippen molar-refractivity contribution >= 4 is 11.9 Å². The van der Waals surface area contributed by atoms with E-state index < -0.39 is 18.2 Å². The van der Waals surface area contributed by atoms with Gasteiger partial charge in [-0.15, -0.1) is 0 Å². The Balaban J connectivity index is 2.32. The zero-order valence-corrected chi connectivity index (χ0v) is 13.8. The van der Waals surface area contributed by atoms with Gasteiger partial charge in [-0.05, 0) is 37.0 Å². The summed E-state index contributed by atoms with van der Waals surface area (Å²) in [6, 6.07) is 0. The molecule has 0 aromatic rings. The quantitative estimate of drug-likeness (QED) is 0.603. The van der Waals surface area contributed by atoms with Crippen molar-refractivity contribution in [3.8, 4) is 0 Å². The summed E-state index contributed by atoms with van der Waals surface area (Å²) in [7, 11) is 0. The van der Waals surface area contributed by atoms with Crippen LogP contribution in [0.5, 0.6) is 0 Å². The summed E-state index contributed by atoms with van der Waals surface area (Å²) in [6.45, 7) is 9.83. The van der Waals surface area contributed by atoms with E-state index in [1.165, 1.54) is 0 Å². The van der Waals surface area contributed by atoms with Crippen LogP contribution < -0.4 is 0 Å². The topological polar surface area (TPSA) is 72.8 Å². The van der Waals surface area contributed by atoms with Gasteiger partial charge in [0.25, 0.3) is 0 Å². The number of hydrogen-bond acceptors (Lipinski definition) is 5. The summed E-state index contributed by atoms with van der Waals surface area (Å²) in [5.74, 6) is -0.607. The molecule has 0 saturated heterocycles. The third-order valence-corrected chi connectivity index (χ3v) is 3.85. The Morgan fingerprint density at radius 2 is 2.00 bits per heavy atom. The molecule has 0 spiro atoms. The summed E-state index contributed by atoms with van der Waals surface area (Å²) in [5.41, 5.74) is 0.0876. The number of hydrogen-bond donors (Lipinski definition) is 1. The molecular weight excluding hydrogens is 284 g/mol. The average Bonchev–Trinajstić information content (AvgIpc) is 2.44. The van der Waals surface area contributed by atoms with E-state index in [1.54, 1.807) is 0 Å². The van der Waals surface area contributed by atoms with Crippen molar-refractivity contribution in [1.29, 1.82) is 0 Å². The molecule has 0 heterocycles. The fourth-order valence-electron chi connectivity index (χ4n) is 2.46. The van der Waals surface area contributed by atoms with Gasteiger partial charge in [-0.25, -0.2) is 4.79 Å². The van der Waals surface area contributed by atoms with E-state index in [1.807, 2.05) is 0 Å². The minimum Gasteiger partial charge on any atom is -0.462 e. The van der Waals surface area contributed by atoms with Gasteiger partial charge in [0.15, 0.2) is 0 Å². The van der Waals surface area contributed by atoms with Gasteiger partial charge in [-0.1, -0.05) is 27.4 Å². The number of aliphatic hydroxyl groups is 1. The van der Waals surface area contributed by atoms with Crippen LogP contribution in [-0.4, -0.2) is 35.9 Å². The highest BCUT2D eigenvalue weighted by atomic mass is 16.6. The van der Waals surface area contributed by atoms with Gasteiger partial charge in [-0.2, -0.15) is 0 Å². The van der Waals surface area contributed by atoms with Crippen molar-refractivity contribution in [2.75, 3.05) is 6.61 Å². The molecule has 1 aliphatic rings. The van der Waals surface area contributed by atoms with Gasteiger partial charge < -0.3 is 14.6 Å². The van der Waals surface area contributed by atoms with Crippen LogP contribution in [0.15, 0.2) is 12.7 Å². The van der Waals surface area contributed by atoms with Gasteiger partial charge in [0, 0.05) is 12.5 Å². The molecule has 1 fully saturated rings. The minimum atomic E-state index is -0.695. The molecule has 5 nitrogen and oxygen atoms in total. The van der Waals surface area contributed by atoms with Gasteiger partial charge >= 0.3 is 11.9 Å². The molecule has 5 heteroatoms. The molecule has 126 valence electrons. The van der Waals surface area contributed by atoms with Crippen molar-refractivity contribution < 1.29 is 24.2 Å². The van der Waals surface area contributed by atoms with E-state index in [2.05, 4.69) is 27.4 Å². The maximum Gasteiger partial charge on any atom is 0.330 e. The molecular formula is C17H28O5. The van der Waals surface area contributed by atoms with Crippen molar-refractivity contribution in [3.05, 3.63) is 12.7 Å². The lowest BCUT2D eigenvalue weighted by atomic mass is 9.85. The van der Waals surface area contributed by atoms with E-state index in [0.29, 0.717) is 19.3 Å². The molecule has 1 N–H and O–H groups in total. The molecule has 0 radical (unpaired) electrons. The number of aliphatic hydroxyl groups excluding tert-OH is 1. The van der Waals surface area contributed by atoms with Crippen LogP contribution in [-0.2, 0) is 19.1 Å². The number of esters is 2. The van der Waals surface area contributed by atoms with Crippen LogP contribution in [0.1, 0.15) is 52.9 Å². The van der Waals surface area contributed by atoms with E-state index in [-0.39, 0.29) is 23.9 Å². The predicted molar refractivity (Wildman–Crippen MR) is 83.1 cm³/mol. The van der Waals surface area contributed by atoms with Crippen molar-refractivity contribution in [2.45, 2.75) is 65.1 Å². The molecule has 1 aliphatic carbocycles. The monoisotopic (exact) mass is 312 g/mol. The minimum absolute atomic E-state index is 0.0876. The van der Waals surface area contributed by atoms with Crippen molar-refractivity contribution in [3.63, 3.8) is 0 Å². The molecule has 0 aliphatic heterocycles. The molecule has 3 atom stereocenters. The molecule has 3 unspecified atom stereocenters. The Bertz CT molecular complexity index is 396. The third-order valence-electron chi connectivity index (χ3n) is 3.85. The second-order valence-electron chi connectivity index (χ2n) is 7.17. The van der Waals surface area contributed by atoms with E-state index >= 15 is 0 Å². The highest BCUT2D eigenvalue weighted by molar-refractivity contribution is 5.81. The fourth-order valence-corrected chi connectivity index (χ4v) is 2.46. The number of carbonyl (C=O) groups is 2. The first-order chi connectivity index (χ1) is 10.2. The van der Waals surface area contributed by atoms with Crippen LogP contribution in [0.2, 0.25) is 0 Å². The summed E-state index contributed by atoms with van der Waals surface area (Å²) in [6.07, 6.45) is 2.94. The van der Waals surface area contributed by atoms with E-state index in [4.69, 9.17) is 9.47 Å². The number of rotatable bonds is 6. The molecule has 0 amide bonds. The summed E-state index contributed by atoms with van der Waals surface area (Å²) in [4.78, 5) is 22.9. The van der Waals surface area contributed by atoms with E-state index in [0.717, 1.165) is 18.9 Å². The second-order valence-corrected chi connectivity index (χ2v) is 7.17. The first kappa shape index (κ1) is 18.7. The largest absolute Gasteiger partial charge is 0.462 e. The summed E-state index contributed by atoms with van der Waals surface area (Å²) >= 11 is 0. The van der Waals surface area contributed by atoms with Crippen LogP contribution in [0.25, 0.3) is 0 Å². The normalized spacial score (nSPS) is 25.4. The average molecular weight is 312 g/mol. The smallest absolute Gasteiger partial charge is 0.330 e. The first-order valence-electron chi connectivity index (χ1n) is 7.88. The van der Waals surface area contributed by atoms with Gasteiger partial charge in [0.05, 0.1) is 12.7 Å². The van der Waals surface area contributed by atoms with Gasteiger partial charge in [-0.3, -0.25) is 4.79 Å². The van der Waals surface area contributed by atoms with Crippen LogP contribution in [0, 0.1) is 11.3 Å². The highest BCUT2D eigenvalue weighted by Crippen LogP contribution is 2.28. The Kier molecular flexibility index (Phi) is 7.07. The molecule has 0 bridgehead atoms. The number of carbonyl (C=O) groups excluding carboxylic acids is 2. The Morgan fingerprint density at radius 3 is 2.55 bits per heavy atom. The Morgan fingerprint density at radius 1 is 1.32 bits per heavy atom. The Hall–Kier alpha value is -1.36. The Labute approximate surface area is 132 Å². The van der Waals surface area contributed by atoms with Crippen LogP contribution in [0.4, 0.5) is 0 Å². The molecule has 0 aromatic heterocycles. The lowest BCUT2D eigenvalue weighted by Gasteiger charge is -2.32. The maximum atomic E-state index is 11.8. The van der Waals surface area contributed by atoms with Crippen LogP contribution >= 0.6 is 0 Å².